The number of hydrogen-bond donors (Lipinski definition) is 2. The lowest BCUT2D eigenvalue weighted by Gasteiger charge is -2.11. The number of hydrogen-bond acceptors (Lipinski definition) is 3. The van der Waals surface area contributed by atoms with Crippen LogP contribution >= 0.6 is 11.6 Å². The fourth-order valence-corrected chi connectivity index (χ4v) is 2.13. The highest BCUT2D eigenvalue weighted by Crippen LogP contribution is 2.23. The van der Waals surface area contributed by atoms with Crippen LogP contribution in [-0.2, 0) is 11.2 Å². The fourth-order valence-electron chi connectivity index (χ4n) is 1.93. The Balaban J connectivity index is 2.36. The van der Waals surface area contributed by atoms with Crippen LogP contribution in [0.15, 0.2) is 23.2 Å². The third-order valence-electron chi connectivity index (χ3n) is 2.96. The minimum atomic E-state index is 0.455. The van der Waals surface area contributed by atoms with Gasteiger partial charge in [0.2, 0.25) is 0 Å². The number of halogens is 1. The molecule has 6 heteroatoms. The Morgan fingerprint density at radius 3 is 2.86 bits per heavy atom. The van der Waals surface area contributed by atoms with Crippen LogP contribution in [0.2, 0.25) is 5.02 Å². The first-order chi connectivity index (χ1) is 10.7. The average molecular weight is 328 g/mol. The molecule has 0 aromatic heterocycles. The largest absolute Gasteiger partial charge is 0.494 e. The molecule has 0 aliphatic rings. The summed E-state index contributed by atoms with van der Waals surface area (Å²) in [5, 5.41) is 3.80. The van der Waals surface area contributed by atoms with Gasteiger partial charge < -0.3 is 20.5 Å². The van der Waals surface area contributed by atoms with Crippen molar-refractivity contribution < 1.29 is 9.47 Å². The lowest BCUT2D eigenvalue weighted by Crippen LogP contribution is -2.33. The standard InChI is InChI=1S/C16H26ClN3O2/c1-3-21-11-5-9-19-16(18)20-10-8-13-12-14(17)6-7-15(13)22-4-2/h6-7,12H,3-5,8-11H2,1-2H3,(H3,18,19,20). The zero-order valence-electron chi connectivity index (χ0n) is 13.4. The molecule has 0 atom stereocenters. The van der Waals surface area contributed by atoms with Crippen molar-refractivity contribution >= 4 is 17.6 Å². The Bertz CT molecular complexity index is 467. The molecular formula is C16H26ClN3O2. The van der Waals surface area contributed by atoms with Gasteiger partial charge in [0.05, 0.1) is 6.61 Å². The van der Waals surface area contributed by atoms with Gasteiger partial charge in [-0.05, 0) is 50.5 Å². The maximum absolute atomic E-state index is 6.03. The zero-order valence-corrected chi connectivity index (χ0v) is 14.2. The van der Waals surface area contributed by atoms with Crippen LogP contribution in [0.5, 0.6) is 5.75 Å². The zero-order chi connectivity index (χ0) is 16.2. The van der Waals surface area contributed by atoms with Crippen molar-refractivity contribution in [1.29, 1.82) is 0 Å². The van der Waals surface area contributed by atoms with Gasteiger partial charge in [-0.15, -0.1) is 0 Å². The summed E-state index contributed by atoms with van der Waals surface area (Å²) < 4.78 is 10.8. The first kappa shape index (κ1) is 18.6. The molecule has 0 unspecified atom stereocenters. The number of rotatable bonds is 10. The van der Waals surface area contributed by atoms with E-state index < -0.39 is 0 Å². The molecule has 22 heavy (non-hydrogen) atoms. The van der Waals surface area contributed by atoms with E-state index in [1.165, 1.54) is 0 Å². The summed E-state index contributed by atoms with van der Waals surface area (Å²) in [6.07, 6.45) is 1.64. The SMILES string of the molecule is CCOCCCN=C(N)NCCc1cc(Cl)ccc1OCC. The Morgan fingerprint density at radius 2 is 2.14 bits per heavy atom. The molecule has 0 saturated heterocycles. The summed E-state index contributed by atoms with van der Waals surface area (Å²) in [4.78, 5) is 4.25. The molecule has 0 fully saturated rings. The lowest BCUT2D eigenvalue weighted by atomic mass is 10.1. The smallest absolute Gasteiger partial charge is 0.188 e. The Hall–Kier alpha value is -1.46. The van der Waals surface area contributed by atoms with Gasteiger partial charge in [0.1, 0.15) is 5.75 Å². The molecule has 124 valence electrons. The first-order valence-electron chi connectivity index (χ1n) is 7.70. The van der Waals surface area contributed by atoms with Crippen molar-refractivity contribution in [3.8, 4) is 5.75 Å². The van der Waals surface area contributed by atoms with Gasteiger partial charge in [0.15, 0.2) is 5.96 Å². The molecule has 5 nitrogen and oxygen atoms in total. The third kappa shape index (κ3) is 7.52. The van der Waals surface area contributed by atoms with Crippen LogP contribution in [0.1, 0.15) is 25.8 Å². The highest BCUT2D eigenvalue weighted by molar-refractivity contribution is 6.30. The normalized spacial score (nSPS) is 11.5. The highest BCUT2D eigenvalue weighted by atomic mass is 35.5. The predicted octanol–water partition coefficient (Wildman–Crippen LogP) is 2.61. The third-order valence-corrected chi connectivity index (χ3v) is 3.19. The second-order valence-electron chi connectivity index (χ2n) is 4.68. The van der Waals surface area contributed by atoms with Crippen molar-refractivity contribution in [3.05, 3.63) is 28.8 Å². The van der Waals surface area contributed by atoms with Gasteiger partial charge in [-0.25, -0.2) is 0 Å². The molecule has 0 saturated carbocycles. The van der Waals surface area contributed by atoms with Gasteiger partial charge >= 0.3 is 0 Å². The van der Waals surface area contributed by atoms with Crippen LogP contribution in [0.3, 0.4) is 0 Å². The monoisotopic (exact) mass is 327 g/mol. The summed E-state index contributed by atoms with van der Waals surface area (Å²) in [7, 11) is 0. The van der Waals surface area contributed by atoms with Crippen LogP contribution in [0.4, 0.5) is 0 Å². The molecule has 0 bridgehead atoms. The molecule has 0 amide bonds. The Labute approximate surface area is 137 Å². The van der Waals surface area contributed by atoms with Crippen LogP contribution in [-0.4, -0.2) is 38.9 Å². The van der Waals surface area contributed by atoms with E-state index in [4.69, 9.17) is 26.8 Å². The number of aliphatic imine (C=N–C) groups is 1. The number of ether oxygens (including phenoxy) is 2. The minimum absolute atomic E-state index is 0.455. The fraction of sp³-hybridized carbons (Fsp3) is 0.562. The molecular weight excluding hydrogens is 302 g/mol. The summed E-state index contributed by atoms with van der Waals surface area (Å²) in [5.74, 6) is 1.32. The Kier molecular flexibility index (Phi) is 9.42. The topological polar surface area (TPSA) is 68.9 Å². The Morgan fingerprint density at radius 1 is 1.32 bits per heavy atom. The maximum atomic E-state index is 6.03. The van der Waals surface area contributed by atoms with Crippen molar-refractivity contribution in [1.82, 2.24) is 5.32 Å². The van der Waals surface area contributed by atoms with Gasteiger partial charge in [0.25, 0.3) is 0 Å². The van der Waals surface area contributed by atoms with Crippen molar-refractivity contribution in [3.63, 3.8) is 0 Å². The van der Waals surface area contributed by atoms with Gasteiger partial charge in [-0.3, -0.25) is 4.99 Å². The lowest BCUT2D eigenvalue weighted by molar-refractivity contribution is 0.146. The van der Waals surface area contributed by atoms with E-state index in [2.05, 4.69) is 10.3 Å². The van der Waals surface area contributed by atoms with Crippen LogP contribution < -0.4 is 15.8 Å². The molecule has 1 aromatic carbocycles. The molecule has 0 radical (unpaired) electrons. The maximum Gasteiger partial charge on any atom is 0.188 e. The van der Waals surface area contributed by atoms with Crippen LogP contribution in [0, 0.1) is 0 Å². The van der Waals surface area contributed by atoms with E-state index in [9.17, 15) is 0 Å². The number of nitrogens with two attached hydrogens (primary N) is 1. The molecule has 0 aliphatic heterocycles. The summed E-state index contributed by atoms with van der Waals surface area (Å²) >= 11 is 6.03. The number of nitrogens with one attached hydrogen (secondary N) is 1. The molecule has 1 aromatic rings. The molecule has 3 N–H and O–H groups in total. The number of nitrogens with zero attached hydrogens (tertiary/aromatic N) is 1. The van der Waals surface area contributed by atoms with Crippen molar-refractivity contribution in [2.45, 2.75) is 26.7 Å². The summed E-state index contributed by atoms with van der Waals surface area (Å²) in [6.45, 7) is 7.37. The average Bonchev–Trinajstić information content (AvgIpc) is 2.50. The van der Waals surface area contributed by atoms with E-state index in [1.54, 1.807) is 0 Å². The second kappa shape index (κ2) is 11.2. The molecule has 0 aliphatic carbocycles. The summed E-state index contributed by atoms with van der Waals surface area (Å²) in [5.41, 5.74) is 6.88. The van der Waals surface area contributed by atoms with Crippen molar-refractivity contribution in [2.75, 3.05) is 32.9 Å². The van der Waals surface area contributed by atoms with Gasteiger partial charge in [0, 0.05) is 31.3 Å². The number of benzene rings is 1. The second-order valence-corrected chi connectivity index (χ2v) is 5.12. The first-order valence-corrected chi connectivity index (χ1v) is 8.07. The van der Waals surface area contributed by atoms with E-state index >= 15 is 0 Å². The minimum Gasteiger partial charge on any atom is -0.494 e. The molecule has 0 spiro atoms. The molecule has 1 rings (SSSR count). The molecule has 0 heterocycles. The van der Waals surface area contributed by atoms with Crippen molar-refractivity contribution in [2.24, 2.45) is 10.7 Å². The van der Waals surface area contributed by atoms with E-state index in [-0.39, 0.29) is 0 Å². The van der Waals surface area contributed by atoms with Gasteiger partial charge in [-0.1, -0.05) is 11.6 Å². The quantitative estimate of drug-likeness (QED) is 0.394. The summed E-state index contributed by atoms with van der Waals surface area (Å²) in [6, 6.07) is 5.65. The van der Waals surface area contributed by atoms with E-state index in [0.29, 0.717) is 37.3 Å². The van der Waals surface area contributed by atoms with E-state index in [1.807, 2.05) is 32.0 Å². The highest BCUT2D eigenvalue weighted by Gasteiger charge is 2.04. The number of guanidine groups is 1. The van der Waals surface area contributed by atoms with Crippen LogP contribution in [0.25, 0.3) is 0 Å². The predicted molar refractivity (Wildman–Crippen MR) is 91.9 cm³/mol. The van der Waals surface area contributed by atoms with E-state index in [0.717, 1.165) is 30.8 Å². The van der Waals surface area contributed by atoms with Gasteiger partial charge in [-0.2, -0.15) is 0 Å².